The Morgan fingerprint density at radius 1 is 0.973 bits per heavy atom. The van der Waals surface area contributed by atoms with Crippen LogP contribution in [0.3, 0.4) is 0 Å². The fourth-order valence-electron chi connectivity index (χ4n) is 3.57. The van der Waals surface area contributed by atoms with E-state index in [2.05, 4.69) is 0 Å². The lowest BCUT2D eigenvalue weighted by Gasteiger charge is -2.32. The van der Waals surface area contributed by atoms with Crippen molar-refractivity contribution in [2.24, 2.45) is 0 Å². The summed E-state index contributed by atoms with van der Waals surface area (Å²) < 4.78 is 34.0. The first-order chi connectivity index (χ1) is 17.6. The number of unbranched alkanes of at least 4 members (excludes halogenated alkanes) is 1. The number of rotatable bonds is 13. The van der Waals surface area contributed by atoms with Crippen LogP contribution < -0.4 is 10.2 Å². The van der Waals surface area contributed by atoms with Gasteiger partial charge >= 0.3 is 13.1 Å². The first-order valence-electron chi connectivity index (χ1n) is 12.7. The standard InChI is InChI=1S/C27H38BNO8/c1-7-8-16-33-24(30)18-29(15-17-32-6)25(31)23-14-13-22(35-23)19-34-21-11-9-20(10-12-21)28-36-26(2,3)27(4,5)37-28/h9-14H,7-8,15-19H2,1-6H3. The predicted molar refractivity (Wildman–Crippen MR) is 139 cm³/mol. The van der Waals surface area contributed by atoms with E-state index < -0.39 is 30.2 Å². The van der Waals surface area contributed by atoms with Crippen LogP contribution in [0.1, 0.15) is 63.8 Å². The minimum Gasteiger partial charge on any atom is -0.486 e. The molecule has 202 valence electrons. The van der Waals surface area contributed by atoms with Crippen molar-refractivity contribution in [1.82, 2.24) is 4.90 Å². The molecule has 1 aromatic heterocycles. The highest BCUT2D eigenvalue weighted by atomic mass is 16.7. The number of nitrogens with zero attached hydrogens (tertiary/aromatic N) is 1. The van der Waals surface area contributed by atoms with E-state index in [0.29, 0.717) is 18.1 Å². The van der Waals surface area contributed by atoms with Crippen LogP contribution in [0.5, 0.6) is 5.75 Å². The molecule has 0 unspecified atom stereocenters. The van der Waals surface area contributed by atoms with Crippen molar-refractivity contribution in [3.63, 3.8) is 0 Å². The molecule has 1 aliphatic heterocycles. The number of amides is 1. The summed E-state index contributed by atoms with van der Waals surface area (Å²) in [6, 6.07) is 10.7. The van der Waals surface area contributed by atoms with Crippen molar-refractivity contribution in [1.29, 1.82) is 0 Å². The van der Waals surface area contributed by atoms with E-state index in [1.54, 1.807) is 12.1 Å². The minimum absolute atomic E-state index is 0.118. The van der Waals surface area contributed by atoms with Gasteiger partial charge in [-0.15, -0.1) is 0 Å². The molecule has 2 heterocycles. The summed E-state index contributed by atoms with van der Waals surface area (Å²) >= 11 is 0. The number of carbonyl (C=O) groups is 2. The van der Waals surface area contributed by atoms with Crippen LogP contribution in [-0.2, 0) is 30.2 Å². The lowest BCUT2D eigenvalue weighted by molar-refractivity contribution is -0.144. The van der Waals surface area contributed by atoms with Gasteiger partial charge in [0.2, 0.25) is 0 Å². The third-order valence-electron chi connectivity index (χ3n) is 6.59. The summed E-state index contributed by atoms with van der Waals surface area (Å²) in [5.41, 5.74) is 0.0900. The Morgan fingerprint density at radius 3 is 2.27 bits per heavy atom. The number of furan rings is 1. The number of benzene rings is 1. The molecule has 10 heteroatoms. The summed E-state index contributed by atoms with van der Waals surface area (Å²) in [6.45, 7) is 10.9. The van der Waals surface area contributed by atoms with Crippen LogP contribution in [0.25, 0.3) is 0 Å². The lowest BCUT2D eigenvalue weighted by atomic mass is 9.79. The topological polar surface area (TPSA) is 96.7 Å². The molecule has 3 rings (SSSR count). The maximum atomic E-state index is 13.0. The van der Waals surface area contributed by atoms with Crippen molar-refractivity contribution >= 4 is 24.5 Å². The van der Waals surface area contributed by atoms with Gasteiger partial charge in [0.15, 0.2) is 5.76 Å². The van der Waals surface area contributed by atoms with Crippen molar-refractivity contribution < 1.29 is 37.5 Å². The molecule has 1 aromatic carbocycles. The molecule has 0 radical (unpaired) electrons. The summed E-state index contributed by atoms with van der Waals surface area (Å²) in [4.78, 5) is 26.5. The van der Waals surface area contributed by atoms with Crippen molar-refractivity contribution in [3.05, 3.63) is 47.9 Å². The van der Waals surface area contributed by atoms with Crippen LogP contribution in [0.15, 0.2) is 40.8 Å². The zero-order valence-electron chi connectivity index (χ0n) is 22.7. The van der Waals surface area contributed by atoms with E-state index in [0.717, 1.165) is 18.3 Å². The van der Waals surface area contributed by atoms with E-state index in [1.807, 2.05) is 58.9 Å². The first-order valence-corrected chi connectivity index (χ1v) is 12.7. The summed E-state index contributed by atoms with van der Waals surface area (Å²) in [5, 5.41) is 0. The second-order valence-corrected chi connectivity index (χ2v) is 10.0. The molecule has 37 heavy (non-hydrogen) atoms. The van der Waals surface area contributed by atoms with Gasteiger partial charge in [-0.2, -0.15) is 0 Å². The fraction of sp³-hybridized carbons (Fsp3) is 0.556. The second kappa shape index (κ2) is 12.6. The maximum absolute atomic E-state index is 13.0. The number of carbonyl (C=O) groups excluding carboxylic acids is 2. The Kier molecular flexibility index (Phi) is 9.81. The van der Waals surface area contributed by atoms with Crippen LogP contribution in [0.2, 0.25) is 0 Å². The molecule has 0 bridgehead atoms. The molecule has 0 N–H and O–H groups in total. The first kappa shape index (κ1) is 28.8. The average Bonchev–Trinajstić information content (AvgIpc) is 3.41. The van der Waals surface area contributed by atoms with Crippen LogP contribution in [-0.4, -0.2) is 68.5 Å². The summed E-state index contributed by atoms with van der Waals surface area (Å²) in [6.07, 6.45) is 1.70. The SMILES string of the molecule is CCCCOC(=O)CN(CCOC)C(=O)c1ccc(COc2ccc(B3OC(C)(C)C(C)(C)O3)cc2)o1. The number of ether oxygens (including phenoxy) is 3. The van der Waals surface area contributed by atoms with Crippen molar-refractivity contribution in [3.8, 4) is 5.75 Å². The zero-order valence-corrected chi connectivity index (χ0v) is 22.7. The maximum Gasteiger partial charge on any atom is 0.494 e. The van der Waals surface area contributed by atoms with E-state index in [9.17, 15) is 9.59 Å². The second-order valence-electron chi connectivity index (χ2n) is 10.0. The van der Waals surface area contributed by atoms with Crippen LogP contribution in [0, 0.1) is 0 Å². The van der Waals surface area contributed by atoms with Gasteiger partial charge < -0.3 is 32.8 Å². The average molecular weight is 515 g/mol. The monoisotopic (exact) mass is 515 g/mol. The van der Waals surface area contributed by atoms with E-state index in [4.69, 9.17) is 27.9 Å². The number of methoxy groups -OCH3 is 1. The highest BCUT2D eigenvalue weighted by molar-refractivity contribution is 6.62. The van der Waals surface area contributed by atoms with Crippen molar-refractivity contribution in [2.75, 3.05) is 33.4 Å². The Bertz CT molecular complexity index is 1020. The third-order valence-corrected chi connectivity index (χ3v) is 6.59. The van der Waals surface area contributed by atoms with Gasteiger partial charge in [0.05, 0.1) is 24.4 Å². The molecule has 0 atom stereocenters. The van der Waals surface area contributed by atoms with Crippen LogP contribution >= 0.6 is 0 Å². The van der Waals surface area contributed by atoms with Gasteiger partial charge in [0, 0.05) is 13.7 Å². The smallest absolute Gasteiger partial charge is 0.486 e. The molecule has 1 amide bonds. The van der Waals surface area contributed by atoms with Crippen LogP contribution in [0.4, 0.5) is 0 Å². The van der Waals surface area contributed by atoms with Gasteiger partial charge in [-0.25, -0.2) is 0 Å². The van der Waals surface area contributed by atoms with E-state index >= 15 is 0 Å². The van der Waals surface area contributed by atoms with Gasteiger partial charge in [0.25, 0.3) is 5.91 Å². The predicted octanol–water partition coefficient (Wildman–Crippen LogP) is 3.59. The molecule has 0 aliphatic carbocycles. The van der Waals surface area contributed by atoms with Gasteiger partial charge in [-0.3, -0.25) is 9.59 Å². The zero-order chi connectivity index (χ0) is 27.1. The minimum atomic E-state index is -0.461. The Hall–Kier alpha value is -2.82. The Labute approximate surface area is 219 Å². The van der Waals surface area contributed by atoms with E-state index in [-0.39, 0.29) is 32.1 Å². The molecule has 2 aromatic rings. The number of esters is 1. The molecule has 0 spiro atoms. The quantitative estimate of drug-likeness (QED) is 0.227. The summed E-state index contributed by atoms with van der Waals surface area (Å²) in [7, 11) is 1.09. The van der Waals surface area contributed by atoms with Gasteiger partial charge in [-0.05, 0) is 63.8 Å². The van der Waals surface area contributed by atoms with Gasteiger partial charge in [-0.1, -0.05) is 25.5 Å². The normalized spacial score (nSPS) is 16.0. The largest absolute Gasteiger partial charge is 0.494 e. The molecule has 9 nitrogen and oxygen atoms in total. The fourth-order valence-corrected chi connectivity index (χ4v) is 3.57. The van der Waals surface area contributed by atoms with E-state index in [1.165, 1.54) is 12.0 Å². The molecular weight excluding hydrogens is 477 g/mol. The summed E-state index contributed by atoms with van der Waals surface area (Å²) in [5.74, 6) is 0.364. The number of hydrogen-bond acceptors (Lipinski definition) is 8. The highest BCUT2D eigenvalue weighted by Gasteiger charge is 2.51. The lowest BCUT2D eigenvalue weighted by Crippen LogP contribution is -2.41. The Morgan fingerprint density at radius 2 is 1.65 bits per heavy atom. The third kappa shape index (κ3) is 7.60. The molecule has 1 aliphatic rings. The molecule has 1 fully saturated rings. The van der Waals surface area contributed by atoms with Crippen molar-refractivity contribution in [2.45, 2.75) is 65.3 Å². The molecular formula is C27H38BNO8. The Balaban J connectivity index is 1.55. The molecule has 0 saturated carbocycles. The molecule has 1 saturated heterocycles. The van der Waals surface area contributed by atoms with Gasteiger partial charge in [0.1, 0.15) is 24.7 Å². The number of hydrogen-bond donors (Lipinski definition) is 0. The highest BCUT2D eigenvalue weighted by Crippen LogP contribution is 2.36.